The van der Waals surface area contributed by atoms with Crippen LogP contribution >= 0.6 is 0 Å². The molecule has 5 rings (SSSR count). The molecule has 2 amide bonds. The molecule has 2 saturated heterocycles. The maximum Gasteiger partial charge on any atom is 0.237 e. The average molecular weight is 392 g/mol. The van der Waals surface area contributed by atoms with Gasteiger partial charge in [0.1, 0.15) is 12.2 Å². The third kappa shape index (κ3) is 3.39. The lowest BCUT2D eigenvalue weighted by molar-refractivity contribution is -0.149. The minimum absolute atomic E-state index is 0.00500. The highest BCUT2D eigenvalue weighted by molar-refractivity contribution is 5.83. The van der Waals surface area contributed by atoms with Crippen LogP contribution in [-0.2, 0) is 9.59 Å². The van der Waals surface area contributed by atoms with Crippen molar-refractivity contribution in [3.05, 3.63) is 0 Å². The van der Waals surface area contributed by atoms with Gasteiger partial charge in [0.2, 0.25) is 11.8 Å². The van der Waals surface area contributed by atoms with Gasteiger partial charge in [0.25, 0.3) is 0 Å². The summed E-state index contributed by atoms with van der Waals surface area (Å²) in [6.07, 6.45) is 4.18. The maximum absolute atomic E-state index is 13.6. The second-order valence-electron chi connectivity index (χ2n) is 9.13. The fourth-order valence-electron chi connectivity index (χ4n) is 5.58. The van der Waals surface area contributed by atoms with Crippen molar-refractivity contribution in [3.8, 4) is 6.07 Å². The van der Waals surface area contributed by atoms with E-state index in [9.17, 15) is 19.1 Å². The fourth-order valence-corrected chi connectivity index (χ4v) is 5.58. The molecular formula is C20H29FN4O3. The summed E-state index contributed by atoms with van der Waals surface area (Å²) in [6, 6.07) is 1.35. The highest BCUT2D eigenvalue weighted by Gasteiger charge is 2.54. The van der Waals surface area contributed by atoms with Crippen LogP contribution in [-0.4, -0.2) is 76.8 Å². The van der Waals surface area contributed by atoms with Gasteiger partial charge >= 0.3 is 0 Å². The van der Waals surface area contributed by atoms with Crippen molar-refractivity contribution >= 4 is 11.8 Å². The minimum atomic E-state index is -1.12. The Hall–Kier alpha value is -1.72. The maximum atomic E-state index is 13.6. The first-order chi connectivity index (χ1) is 13.4. The smallest absolute Gasteiger partial charge is 0.237 e. The third-order valence-electron chi connectivity index (χ3n) is 7.48. The third-order valence-corrected chi connectivity index (χ3v) is 7.48. The first-order valence-corrected chi connectivity index (χ1v) is 10.4. The summed E-state index contributed by atoms with van der Waals surface area (Å²) in [7, 11) is 0. The lowest BCUT2D eigenvalue weighted by Crippen LogP contribution is -2.60. The van der Waals surface area contributed by atoms with Gasteiger partial charge in [-0.3, -0.25) is 9.59 Å². The van der Waals surface area contributed by atoms with Gasteiger partial charge in [-0.05, 0) is 44.9 Å². The van der Waals surface area contributed by atoms with Crippen LogP contribution in [0.1, 0.15) is 51.4 Å². The number of fused-ring (bicyclic) bond motifs is 3. The number of hydrogen-bond acceptors (Lipinski definition) is 5. The fraction of sp³-hybridized carbons (Fsp3) is 0.850. The number of nitrogens with zero attached hydrogens (tertiary/aromatic N) is 3. The van der Waals surface area contributed by atoms with Crippen molar-refractivity contribution in [2.45, 2.75) is 75.2 Å². The summed E-state index contributed by atoms with van der Waals surface area (Å²) in [5.41, 5.74) is -0.445. The van der Waals surface area contributed by atoms with Gasteiger partial charge in [0.15, 0.2) is 0 Å². The summed E-state index contributed by atoms with van der Waals surface area (Å²) < 4.78 is 13.6. The van der Waals surface area contributed by atoms with Gasteiger partial charge in [-0.25, -0.2) is 4.39 Å². The van der Waals surface area contributed by atoms with E-state index in [0.29, 0.717) is 19.5 Å². The quantitative estimate of drug-likeness (QED) is 0.735. The number of carbonyl (C=O) groups excluding carboxylic acids is 2. The van der Waals surface area contributed by atoms with Gasteiger partial charge in [0.05, 0.1) is 25.3 Å². The number of hydrogen-bond donors (Lipinski definition) is 2. The van der Waals surface area contributed by atoms with Crippen molar-refractivity contribution in [1.29, 1.82) is 5.26 Å². The second kappa shape index (κ2) is 7.27. The molecule has 0 aromatic heterocycles. The Bertz CT molecular complexity index is 669. The van der Waals surface area contributed by atoms with E-state index in [0.717, 1.165) is 38.5 Å². The van der Waals surface area contributed by atoms with Crippen LogP contribution in [0.15, 0.2) is 0 Å². The Morgan fingerprint density at radius 2 is 1.86 bits per heavy atom. The van der Waals surface area contributed by atoms with E-state index in [-0.39, 0.29) is 42.3 Å². The number of nitriles is 1. The molecule has 2 aliphatic heterocycles. The van der Waals surface area contributed by atoms with Gasteiger partial charge in [-0.1, -0.05) is 0 Å². The molecule has 0 aromatic rings. The van der Waals surface area contributed by atoms with Crippen molar-refractivity contribution in [2.75, 3.05) is 26.2 Å². The summed E-state index contributed by atoms with van der Waals surface area (Å²) >= 11 is 0. The van der Waals surface area contributed by atoms with E-state index in [2.05, 4.69) is 5.32 Å². The predicted molar refractivity (Wildman–Crippen MR) is 98.7 cm³/mol. The first kappa shape index (κ1) is 19.6. The molecule has 2 heterocycles. The van der Waals surface area contributed by atoms with E-state index in [1.54, 1.807) is 0 Å². The molecule has 3 saturated carbocycles. The monoisotopic (exact) mass is 392 g/mol. The van der Waals surface area contributed by atoms with Gasteiger partial charge in [-0.2, -0.15) is 5.26 Å². The number of rotatable bonds is 4. The normalized spacial score (nSPS) is 40.0. The summed E-state index contributed by atoms with van der Waals surface area (Å²) in [4.78, 5) is 28.7. The number of alkyl halides is 1. The Labute approximate surface area is 164 Å². The highest BCUT2D eigenvalue weighted by Crippen LogP contribution is 2.53. The Balaban J connectivity index is 1.32. The Morgan fingerprint density at radius 1 is 1.18 bits per heavy atom. The number of nitrogens with one attached hydrogen (secondary N) is 1. The number of amides is 2. The molecular weight excluding hydrogens is 363 g/mol. The molecule has 7 nitrogen and oxygen atoms in total. The van der Waals surface area contributed by atoms with Crippen LogP contribution in [0, 0.1) is 16.7 Å². The van der Waals surface area contributed by atoms with Gasteiger partial charge in [0, 0.05) is 30.5 Å². The van der Waals surface area contributed by atoms with Crippen LogP contribution in [0.2, 0.25) is 0 Å². The molecule has 5 fully saturated rings. The molecule has 8 heteroatoms. The molecule has 3 atom stereocenters. The summed E-state index contributed by atoms with van der Waals surface area (Å²) in [5, 5.41) is 22.3. The van der Waals surface area contributed by atoms with E-state index in [1.807, 2.05) is 11.0 Å². The Kier molecular flexibility index (Phi) is 5.09. The predicted octanol–water partition coefficient (Wildman–Crippen LogP) is 0.725. The molecule has 5 aliphatic rings. The molecule has 3 aliphatic carbocycles. The average Bonchev–Trinajstić information content (AvgIpc) is 3.32. The standard InChI is InChI=1S/C20H29FN4O3/c21-14-9-15(10-22)25(12-14)17(27)11-23-20-5-2-19(3-6-20,4-7-20)18(28)24-8-1-16(26)13-24/h14-16,23,26H,1-9,11-13H2/t14-,15-,16?,19?,20?/m1/s1. The van der Waals surface area contributed by atoms with E-state index in [4.69, 9.17) is 5.26 Å². The van der Waals surface area contributed by atoms with Crippen LogP contribution < -0.4 is 5.32 Å². The molecule has 2 bridgehead atoms. The topological polar surface area (TPSA) is 96.7 Å². The van der Waals surface area contributed by atoms with Gasteiger partial charge in [-0.15, -0.1) is 0 Å². The molecule has 0 spiro atoms. The van der Waals surface area contributed by atoms with Crippen LogP contribution in [0.3, 0.4) is 0 Å². The zero-order valence-corrected chi connectivity index (χ0v) is 16.2. The molecule has 28 heavy (non-hydrogen) atoms. The Morgan fingerprint density at radius 3 is 2.43 bits per heavy atom. The van der Waals surface area contributed by atoms with Crippen LogP contribution in [0.4, 0.5) is 4.39 Å². The van der Waals surface area contributed by atoms with E-state index >= 15 is 0 Å². The second-order valence-corrected chi connectivity index (χ2v) is 9.13. The van der Waals surface area contributed by atoms with E-state index in [1.165, 1.54) is 4.90 Å². The first-order valence-electron chi connectivity index (χ1n) is 10.4. The lowest BCUT2D eigenvalue weighted by atomic mass is 9.56. The number of β-amino-alcohol motifs (C(OH)–C–C–N with tert-alkyl or cyclic N) is 1. The molecule has 154 valence electrons. The van der Waals surface area contributed by atoms with Crippen LogP contribution in [0.25, 0.3) is 0 Å². The van der Waals surface area contributed by atoms with Crippen molar-refractivity contribution in [1.82, 2.24) is 15.1 Å². The molecule has 2 N–H and O–H groups in total. The lowest BCUT2D eigenvalue weighted by Gasteiger charge is -2.53. The summed E-state index contributed by atoms with van der Waals surface area (Å²) in [6.45, 7) is 1.21. The number of carbonyl (C=O) groups is 2. The van der Waals surface area contributed by atoms with Crippen molar-refractivity contribution in [2.24, 2.45) is 5.41 Å². The minimum Gasteiger partial charge on any atom is -0.391 e. The van der Waals surface area contributed by atoms with Crippen LogP contribution in [0.5, 0.6) is 0 Å². The van der Waals surface area contributed by atoms with E-state index < -0.39 is 18.3 Å². The highest BCUT2D eigenvalue weighted by atomic mass is 19.1. The molecule has 0 radical (unpaired) electrons. The number of aliphatic hydroxyl groups is 1. The zero-order valence-electron chi connectivity index (χ0n) is 16.2. The van der Waals surface area contributed by atoms with Crippen molar-refractivity contribution < 1.29 is 19.1 Å². The SMILES string of the molecule is N#C[C@H]1C[C@@H](F)CN1C(=O)CNC12CCC(C(=O)N3CCC(O)C3)(CC1)CC2. The zero-order chi connectivity index (χ0) is 19.9. The largest absolute Gasteiger partial charge is 0.391 e. The summed E-state index contributed by atoms with van der Waals surface area (Å²) in [5.74, 6) is -0.0260. The van der Waals surface area contributed by atoms with Gasteiger partial charge < -0.3 is 20.2 Å². The molecule has 1 unspecified atom stereocenters. The molecule has 0 aromatic carbocycles. The number of aliphatic hydroxyl groups excluding tert-OH is 1. The number of likely N-dealkylation sites (tertiary alicyclic amines) is 2. The van der Waals surface area contributed by atoms with Crippen molar-refractivity contribution in [3.63, 3.8) is 0 Å². The number of halogens is 1.